The molecule has 1 aliphatic heterocycles. The van der Waals surface area contributed by atoms with E-state index >= 15 is 0 Å². The Bertz CT molecular complexity index is 1110. The van der Waals surface area contributed by atoms with Crippen molar-refractivity contribution in [3.05, 3.63) is 16.7 Å². The number of phosphoric acid groups is 3. The summed E-state index contributed by atoms with van der Waals surface area (Å²) >= 11 is 0. The molecule has 1 unspecified atom stereocenters. The van der Waals surface area contributed by atoms with Crippen LogP contribution in [0.3, 0.4) is 0 Å². The molecule has 13 N–H and O–H groups in total. The first kappa shape index (κ1) is 33.3. The van der Waals surface area contributed by atoms with Crippen LogP contribution >= 0.6 is 23.5 Å². The third-order valence-corrected chi connectivity index (χ3v) is 3.52. The zero-order chi connectivity index (χ0) is 28.2. The van der Waals surface area contributed by atoms with Gasteiger partial charge in [-0.2, -0.15) is 4.98 Å². The van der Waals surface area contributed by atoms with Crippen LogP contribution in [0.25, 0.3) is 11.2 Å². The van der Waals surface area contributed by atoms with Crippen molar-refractivity contribution in [3.63, 3.8) is 0 Å². The second kappa shape index (κ2) is 12.0. The first-order valence-corrected chi connectivity index (χ1v) is 13.1. The third kappa shape index (κ3) is 13.3. The lowest BCUT2D eigenvalue weighted by atomic mass is 9.98. The average molecular weight is 577 g/mol. The lowest BCUT2D eigenvalue weighted by Gasteiger charge is -2.26. The van der Waals surface area contributed by atoms with Crippen LogP contribution in [0.4, 0.5) is 10.3 Å². The number of aromatic amines is 1. The number of nitrogens with zero attached hydrogens (tertiary/aromatic N) is 3. The Morgan fingerprint density at radius 1 is 1.06 bits per heavy atom. The largest absolute Gasteiger partial charge is 0.466 e. The molecule has 4 atom stereocenters. The number of imidazole rings is 1. The SMILES string of the molecule is C[C@H]1O[C@@H](n2cnc3c(=O)[nH]c(N)nc32)[C@](C)(O)C1F.O=P(O)(O)O.O=P(O)(O)O.O=P(O)(O)O. The quantitative estimate of drug-likeness (QED) is 0.149. The van der Waals surface area contributed by atoms with Crippen LogP contribution in [-0.4, -0.2) is 86.5 Å². The van der Waals surface area contributed by atoms with Crippen molar-refractivity contribution in [1.82, 2.24) is 19.5 Å². The molecule has 0 radical (unpaired) electrons. The highest BCUT2D eigenvalue weighted by molar-refractivity contribution is 7.45. The van der Waals surface area contributed by atoms with Gasteiger partial charge in [-0.15, -0.1) is 0 Å². The van der Waals surface area contributed by atoms with Gasteiger partial charge in [0.25, 0.3) is 5.56 Å². The van der Waals surface area contributed by atoms with Gasteiger partial charge in [0.2, 0.25) is 5.95 Å². The maximum absolute atomic E-state index is 14.0. The molecule has 0 aliphatic carbocycles. The fourth-order valence-corrected chi connectivity index (χ4v) is 2.48. The van der Waals surface area contributed by atoms with Crippen molar-refractivity contribution < 1.29 is 72.0 Å². The average Bonchev–Trinajstić information content (AvgIpc) is 3.05. The number of aromatic nitrogens is 4. The van der Waals surface area contributed by atoms with E-state index in [-0.39, 0.29) is 17.1 Å². The van der Waals surface area contributed by atoms with Gasteiger partial charge in [-0.25, -0.2) is 23.1 Å². The Labute approximate surface area is 193 Å². The summed E-state index contributed by atoms with van der Waals surface area (Å²) in [6.45, 7) is 2.85. The van der Waals surface area contributed by atoms with Gasteiger partial charge in [0, 0.05) is 0 Å². The minimum atomic E-state index is -4.64. The molecule has 3 rings (SSSR count). The molecule has 3 heterocycles. The zero-order valence-electron chi connectivity index (χ0n) is 17.5. The van der Waals surface area contributed by atoms with E-state index < -0.39 is 53.1 Å². The summed E-state index contributed by atoms with van der Waals surface area (Å²) in [4.78, 5) is 86.6. The van der Waals surface area contributed by atoms with Crippen LogP contribution in [0.1, 0.15) is 20.1 Å². The Hall–Kier alpha value is -1.67. The summed E-state index contributed by atoms with van der Waals surface area (Å²) in [5.41, 5.74) is 3.41. The van der Waals surface area contributed by atoms with Crippen molar-refractivity contribution in [2.75, 3.05) is 5.73 Å². The van der Waals surface area contributed by atoms with Crippen LogP contribution in [0.15, 0.2) is 11.1 Å². The van der Waals surface area contributed by atoms with Crippen molar-refractivity contribution >= 4 is 40.6 Å². The molecule has 1 aliphatic rings. The number of fused-ring (bicyclic) bond motifs is 1. The van der Waals surface area contributed by atoms with Crippen LogP contribution in [-0.2, 0) is 18.4 Å². The second-order valence-corrected chi connectivity index (χ2v) is 9.72. The van der Waals surface area contributed by atoms with Crippen molar-refractivity contribution in [3.8, 4) is 0 Å². The first-order chi connectivity index (χ1) is 15.3. The van der Waals surface area contributed by atoms with E-state index in [0.717, 1.165) is 0 Å². The van der Waals surface area contributed by atoms with E-state index in [1.165, 1.54) is 24.7 Å². The summed E-state index contributed by atoms with van der Waals surface area (Å²) in [6, 6.07) is 0. The van der Waals surface area contributed by atoms with Crippen molar-refractivity contribution in [2.45, 2.75) is 38.0 Å². The summed E-state index contributed by atoms with van der Waals surface area (Å²) in [5.74, 6) is -0.0910. The van der Waals surface area contributed by atoms with Crippen molar-refractivity contribution in [1.29, 1.82) is 0 Å². The van der Waals surface area contributed by atoms with Gasteiger partial charge in [0.15, 0.2) is 23.6 Å². The molecule has 0 aromatic carbocycles. The van der Waals surface area contributed by atoms with Gasteiger partial charge in [0.05, 0.1) is 12.4 Å². The third-order valence-electron chi connectivity index (χ3n) is 3.52. The summed E-state index contributed by atoms with van der Waals surface area (Å²) in [6.07, 6.45) is -2.11. The number of nitrogens with one attached hydrogen (secondary N) is 1. The van der Waals surface area contributed by atoms with E-state index in [0.29, 0.717) is 0 Å². The molecule has 2 aromatic heterocycles. The Balaban J connectivity index is 0.000000635. The highest BCUT2D eigenvalue weighted by Crippen LogP contribution is 2.40. The van der Waals surface area contributed by atoms with Gasteiger partial charge in [-0.05, 0) is 13.8 Å². The maximum atomic E-state index is 14.0. The second-order valence-electron chi connectivity index (χ2n) is 6.64. The molecular formula is C11H23FN5O15P3. The Kier molecular flexibility index (Phi) is 11.5. The van der Waals surface area contributed by atoms with Gasteiger partial charge >= 0.3 is 23.5 Å². The number of nitrogens with two attached hydrogens (primary N) is 1. The molecule has 35 heavy (non-hydrogen) atoms. The molecule has 0 spiro atoms. The predicted octanol–water partition coefficient (Wildman–Crippen LogP) is -3.08. The molecule has 24 heteroatoms. The summed E-state index contributed by atoms with van der Waals surface area (Å²) in [7, 11) is -13.9. The fourth-order valence-electron chi connectivity index (χ4n) is 2.48. The number of rotatable bonds is 1. The van der Waals surface area contributed by atoms with Crippen molar-refractivity contribution in [2.24, 2.45) is 0 Å². The standard InChI is InChI=1S/C11H14FN5O3.3H3O4P/c1-4-6(12)11(2,19)9(20-4)17-3-14-5-7(17)15-10(13)16-8(5)18;3*1-5(2,3)4/h3-4,6,9,19H,1-2H3,(H3,13,15,16,18);3*(H3,1,2,3,4)/t4-,6?,9-,11-;;;/m1.../s1. The van der Waals surface area contributed by atoms with E-state index in [9.17, 15) is 14.3 Å². The molecule has 1 fully saturated rings. The van der Waals surface area contributed by atoms with E-state index in [1.54, 1.807) is 0 Å². The number of ether oxygens (including phenoxy) is 1. The van der Waals surface area contributed by atoms with E-state index in [1.807, 2.05) is 0 Å². The van der Waals surface area contributed by atoms with Gasteiger partial charge in [-0.3, -0.25) is 14.3 Å². The predicted molar refractivity (Wildman–Crippen MR) is 110 cm³/mol. The fraction of sp³-hybridized carbons (Fsp3) is 0.545. The molecule has 20 nitrogen and oxygen atoms in total. The van der Waals surface area contributed by atoms with Gasteiger partial charge < -0.3 is 59.6 Å². The van der Waals surface area contributed by atoms with E-state index in [4.69, 9.17) is 68.2 Å². The summed E-state index contributed by atoms with van der Waals surface area (Å²) in [5, 5.41) is 10.3. The first-order valence-electron chi connectivity index (χ1n) is 8.41. The monoisotopic (exact) mass is 577 g/mol. The number of nitrogen functional groups attached to an aromatic ring is 1. The number of hydrogen-bond acceptors (Lipinski definition) is 9. The number of hydrogen-bond donors (Lipinski definition) is 12. The van der Waals surface area contributed by atoms with Crippen LogP contribution in [0.2, 0.25) is 0 Å². The lowest BCUT2D eigenvalue weighted by Crippen LogP contribution is -2.40. The zero-order valence-corrected chi connectivity index (χ0v) is 20.1. The van der Waals surface area contributed by atoms with E-state index in [2.05, 4.69) is 15.0 Å². The summed E-state index contributed by atoms with van der Waals surface area (Å²) < 4.78 is 47.4. The lowest BCUT2D eigenvalue weighted by molar-refractivity contribution is -0.0844. The number of H-pyrrole nitrogens is 1. The molecule has 0 amide bonds. The number of aliphatic hydroxyl groups is 1. The normalized spacial score (nSPS) is 24.4. The van der Waals surface area contributed by atoms with Gasteiger partial charge in [-0.1, -0.05) is 0 Å². The molecular weight excluding hydrogens is 554 g/mol. The van der Waals surface area contributed by atoms with Crippen LogP contribution in [0, 0.1) is 0 Å². The van der Waals surface area contributed by atoms with Gasteiger partial charge in [0.1, 0.15) is 5.60 Å². The van der Waals surface area contributed by atoms with Crippen LogP contribution < -0.4 is 11.3 Å². The number of alkyl halides is 1. The topological polar surface area (TPSA) is 352 Å². The number of halogens is 1. The smallest absolute Gasteiger partial charge is 0.382 e. The number of anilines is 1. The maximum Gasteiger partial charge on any atom is 0.466 e. The highest BCUT2D eigenvalue weighted by Gasteiger charge is 2.53. The molecule has 204 valence electrons. The minimum absolute atomic E-state index is 0.0496. The molecule has 1 saturated heterocycles. The Morgan fingerprint density at radius 2 is 1.46 bits per heavy atom. The molecule has 2 aromatic rings. The van der Waals surface area contributed by atoms with Crippen LogP contribution in [0.5, 0.6) is 0 Å². The Morgan fingerprint density at radius 3 is 1.80 bits per heavy atom. The molecule has 0 bridgehead atoms. The minimum Gasteiger partial charge on any atom is -0.382 e. The highest BCUT2D eigenvalue weighted by atomic mass is 31.2. The molecule has 0 saturated carbocycles.